The van der Waals surface area contributed by atoms with Crippen molar-refractivity contribution in [1.29, 1.82) is 0 Å². The monoisotopic (exact) mass is 326 g/mol. The number of aromatic amines is 1. The molecule has 0 saturated heterocycles. The molecular weight excluding hydrogens is 308 g/mol. The molecule has 0 aliphatic heterocycles. The Labute approximate surface area is 131 Å². The van der Waals surface area contributed by atoms with Crippen LogP contribution >= 0.6 is 0 Å². The first-order valence-corrected chi connectivity index (χ1v) is 6.72. The van der Waals surface area contributed by atoms with Crippen LogP contribution in [0.3, 0.4) is 0 Å². The molecule has 0 radical (unpaired) electrons. The largest absolute Gasteiger partial charge is 0.501 e. The Bertz CT molecular complexity index is 637. The molecule has 0 saturated carbocycles. The van der Waals surface area contributed by atoms with Crippen LogP contribution < -0.4 is 5.56 Å². The van der Waals surface area contributed by atoms with Crippen LogP contribution in [0, 0.1) is 0 Å². The molecule has 2 N–H and O–H groups in total. The lowest BCUT2D eigenvalue weighted by atomic mass is 10.3. The van der Waals surface area contributed by atoms with Gasteiger partial charge in [-0.05, 0) is 6.08 Å². The zero-order valence-electron chi connectivity index (χ0n) is 12.8. The summed E-state index contributed by atoms with van der Waals surface area (Å²) in [6.45, 7) is 2.01. The third-order valence-corrected chi connectivity index (χ3v) is 2.57. The van der Waals surface area contributed by atoms with E-state index in [9.17, 15) is 19.5 Å². The Kier molecular flexibility index (Phi) is 7.48. The maximum absolute atomic E-state index is 11.5. The van der Waals surface area contributed by atoms with Crippen molar-refractivity contribution in [3.63, 3.8) is 0 Å². The maximum Gasteiger partial charge on any atom is 0.360 e. The topological polar surface area (TPSA) is 128 Å². The van der Waals surface area contributed by atoms with E-state index in [2.05, 4.69) is 19.4 Å². The molecule has 23 heavy (non-hydrogen) atoms. The van der Waals surface area contributed by atoms with E-state index >= 15 is 0 Å². The first-order valence-electron chi connectivity index (χ1n) is 6.72. The third kappa shape index (κ3) is 6.30. The Hall–Kier alpha value is -2.68. The lowest BCUT2D eigenvalue weighted by Crippen LogP contribution is -2.18. The molecule has 0 aliphatic rings. The van der Waals surface area contributed by atoms with Gasteiger partial charge in [0.25, 0.3) is 5.56 Å². The lowest BCUT2D eigenvalue weighted by Gasteiger charge is -2.05. The molecule has 0 unspecified atom stereocenters. The SMILES string of the molecule is COC(=O)c1nc(CCOC/C=C\COC(C)=O)[nH]c(=O)c1O. The highest BCUT2D eigenvalue weighted by atomic mass is 16.5. The van der Waals surface area contributed by atoms with E-state index in [0.717, 1.165) is 7.11 Å². The smallest absolute Gasteiger partial charge is 0.360 e. The van der Waals surface area contributed by atoms with E-state index in [0.29, 0.717) is 0 Å². The molecule has 9 nitrogen and oxygen atoms in total. The molecule has 0 fully saturated rings. The van der Waals surface area contributed by atoms with Crippen LogP contribution in [-0.2, 0) is 25.4 Å². The van der Waals surface area contributed by atoms with Gasteiger partial charge in [-0.2, -0.15) is 0 Å². The second kappa shape index (κ2) is 9.36. The van der Waals surface area contributed by atoms with Crippen molar-refractivity contribution < 1.29 is 28.9 Å². The van der Waals surface area contributed by atoms with Gasteiger partial charge in [-0.15, -0.1) is 0 Å². The van der Waals surface area contributed by atoms with Gasteiger partial charge in [-0.1, -0.05) is 6.08 Å². The Morgan fingerprint density at radius 2 is 2.00 bits per heavy atom. The van der Waals surface area contributed by atoms with Gasteiger partial charge in [0, 0.05) is 13.3 Å². The van der Waals surface area contributed by atoms with E-state index in [-0.39, 0.29) is 38.0 Å². The Balaban J connectivity index is 2.46. The number of carbonyl (C=O) groups is 2. The summed E-state index contributed by atoms with van der Waals surface area (Å²) in [5.74, 6) is -1.85. The predicted molar refractivity (Wildman–Crippen MR) is 78.2 cm³/mol. The number of esters is 2. The highest BCUT2D eigenvalue weighted by Crippen LogP contribution is 2.09. The molecular formula is C14H18N2O7. The molecule has 0 spiro atoms. The van der Waals surface area contributed by atoms with Crippen LogP contribution in [0.1, 0.15) is 23.2 Å². The summed E-state index contributed by atoms with van der Waals surface area (Å²) in [6, 6.07) is 0. The summed E-state index contributed by atoms with van der Waals surface area (Å²) in [6.07, 6.45) is 3.55. The van der Waals surface area contributed by atoms with Crippen molar-refractivity contribution in [2.75, 3.05) is 26.9 Å². The van der Waals surface area contributed by atoms with Crippen molar-refractivity contribution in [1.82, 2.24) is 9.97 Å². The van der Waals surface area contributed by atoms with Crippen LogP contribution in [-0.4, -0.2) is 53.9 Å². The molecule has 9 heteroatoms. The fourth-order valence-corrected chi connectivity index (χ4v) is 1.49. The summed E-state index contributed by atoms with van der Waals surface area (Å²) >= 11 is 0. The minimum absolute atomic E-state index is 0.175. The van der Waals surface area contributed by atoms with Gasteiger partial charge >= 0.3 is 11.9 Å². The molecule has 1 aromatic heterocycles. The van der Waals surface area contributed by atoms with Gasteiger partial charge in [0.05, 0.1) is 20.3 Å². The van der Waals surface area contributed by atoms with Crippen LogP contribution in [0.2, 0.25) is 0 Å². The van der Waals surface area contributed by atoms with Crippen LogP contribution in [0.25, 0.3) is 0 Å². The molecule has 126 valence electrons. The second-order valence-corrected chi connectivity index (χ2v) is 4.30. The summed E-state index contributed by atoms with van der Waals surface area (Å²) in [5, 5.41) is 9.47. The maximum atomic E-state index is 11.5. The third-order valence-electron chi connectivity index (χ3n) is 2.57. The van der Waals surface area contributed by atoms with E-state index in [1.54, 1.807) is 12.2 Å². The molecule has 0 atom stereocenters. The molecule has 0 amide bonds. The number of rotatable bonds is 8. The van der Waals surface area contributed by atoms with Gasteiger partial charge in [0.1, 0.15) is 12.4 Å². The number of ether oxygens (including phenoxy) is 3. The molecule has 1 heterocycles. The van der Waals surface area contributed by atoms with Crippen LogP contribution in [0.4, 0.5) is 0 Å². The zero-order chi connectivity index (χ0) is 17.2. The first-order chi connectivity index (χ1) is 11.0. The quantitative estimate of drug-likeness (QED) is 0.386. The average Bonchev–Trinajstić information content (AvgIpc) is 2.52. The van der Waals surface area contributed by atoms with Gasteiger partial charge in [0.2, 0.25) is 5.75 Å². The minimum Gasteiger partial charge on any atom is -0.501 e. The average molecular weight is 326 g/mol. The zero-order valence-corrected chi connectivity index (χ0v) is 12.8. The number of hydrogen-bond acceptors (Lipinski definition) is 8. The van der Waals surface area contributed by atoms with E-state index in [4.69, 9.17) is 4.74 Å². The number of carbonyl (C=O) groups excluding carboxylic acids is 2. The van der Waals surface area contributed by atoms with Crippen LogP contribution in [0.15, 0.2) is 16.9 Å². The number of methoxy groups -OCH3 is 1. The fraction of sp³-hybridized carbons (Fsp3) is 0.429. The lowest BCUT2D eigenvalue weighted by molar-refractivity contribution is -0.139. The van der Waals surface area contributed by atoms with Gasteiger partial charge < -0.3 is 24.3 Å². The standard InChI is InChI=1S/C14H18N2O7/c1-9(17)23-7-4-3-6-22-8-5-10-15-11(14(20)21-2)12(18)13(19)16-10/h3-4,18H,5-8H2,1-2H3,(H,15,16,19)/b4-3-. The predicted octanol–water partition coefficient (Wildman–Crippen LogP) is -0.0595. The number of H-pyrrole nitrogens is 1. The molecule has 0 aromatic carbocycles. The van der Waals surface area contributed by atoms with Crippen molar-refractivity contribution in [2.24, 2.45) is 0 Å². The molecule has 1 rings (SSSR count). The summed E-state index contributed by atoms with van der Waals surface area (Å²) in [5.41, 5.74) is -1.26. The van der Waals surface area contributed by atoms with E-state index in [1.807, 2.05) is 0 Å². The number of nitrogens with one attached hydrogen (secondary N) is 1. The van der Waals surface area contributed by atoms with Crippen molar-refractivity contribution in [3.8, 4) is 5.75 Å². The number of nitrogens with zero attached hydrogens (tertiary/aromatic N) is 1. The number of aromatic nitrogens is 2. The molecule has 0 bridgehead atoms. The Morgan fingerprint density at radius 3 is 2.65 bits per heavy atom. The van der Waals surface area contributed by atoms with Crippen molar-refractivity contribution in [2.45, 2.75) is 13.3 Å². The number of aromatic hydroxyl groups is 1. The normalized spacial score (nSPS) is 10.7. The van der Waals surface area contributed by atoms with Crippen molar-refractivity contribution in [3.05, 3.63) is 34.0 Å². The summed E-state index contributed by atoms with van der Waals surface area (Å²) in [4.78, 5) is 39.6. The van der Waals surface area contributed by atoms with E-state index < -0.39 is 23.0 Å². The highest BCUT2D eigenvalue weighted by Gasteiger charge is 2.18. The Morgan fingerprint density at radius 1 is 1.30 bits per heavy atom. The fourth-order valence-electron chi connectivity index (χ4n) is 1.49. The van der Waals surface area contributed by atoms with Gasteiger partial charge in [-0.3, -0.25) is 9.59 Å². The van der Waals surface area contributed by atoms with Crippen LogP contribution in [0.5, 0.6) is 5.75 Å². The van der Waals surface area contributed by atoms with Crippen molar-refractivity contribution >= 4 is 11.9 Å². The summed E-state index contributed by atoms with van der Waals surface area (Å²) < 4.78 is 14.4. The minimum atomic E-state index is -0.899. The molecule has 0 aliphatic carbocycles. The summed E-state index contributed by atoms with van der Waals surface area (Å²) in [7, 11) is 1.12. The number of hydrogen-bond donors (Lipinski definition) is 2. The second-order valence-electron chi connectivity index (χ2n) is 4.30. The van der Waals surface area contributed by atoms with Gasteiger partial charge in [-0.25, -0.2) is 9.78 Å². The first kappa shape index (κ1) is 18.4. The van der Waals surface area contributed by atoms with E-state index in [1.165, 1.54) is 6.92 Å². The van der Waals surface area contributed by atoms with Gasteiger partial charge in [0.15, 0.2) is 5.69 Å². The molecule has 1 aromatic rings. The highest BCUT2D eigenvalue weighted by molar-refractivity contribution is 5.89.